The molecule has 0 spiro atoms. The maximum Gasteiger partial charge on any atom is 0.272 e. The summed E-state index contributed by atoms with van der Waals surface area (Å²) in [4.78, 5) is 16.9. The van der Waals surface area contributed by atoms with Crippen molar-refractivity contribution in [1.29, 1.82) is 0 Å². The minimum atomic E-state index is -0.398. The normalized spacial score (nSPS) is 11.7. The van der Waals surface area contributed by atoms with Gasteiger partial charge in [-0.15, -0.1) is 0 Å². The average molecular weight is 401 g/mol. The van der Waals surface area contributed by atoms with Gasteiger partial charge < -0.3 is 10.1 Å². The van der Waals surface area contributed by atoms with Crippen molar-refractivity contribution < 1.29 is 9.53 Å². The van der Waals surface area contributed by atoms with Gasteiger partial charge in [0.25, 0.3) is 5.91 Å². The van der Waals surface area contributed by atoms with E-state index in [4.69, 9.17) is 27.9 Å². The predicted octanol–water partition coefficient (Wildman–Crippen LogP) is 5.31. The Morgan fingerprint density at radius 1 is 1.00 bits per heavy atom. The lowest BCUT2D eigenvalue weighted by atomic mass is 9.98. The lowest BCUT2D eigenvalue weighted by Gasteiger charge is -2.20. The number of aromatic nitrogens is 1. The number of hydrogen-bond donors (Lipinski definition) is 1. The number of ether oxygens (including phenoxy) is 1. The predicted molar refractivity (Wildman–Crippen MR) is 108 cm³/mol. The van der Waals surface area contributed by atoms with E-state index in [9.17, 15) is 4.79 Å². The van der Waals surface area contributed by atoms with E-state index in [1.165, 1.54) is 0 Å². The van der Waals surface area contributed by atoms with Gasteiger partial charge >= 0.3 is 0 Å². The Balaban J connectivity index is 1.93. The fourth-order valence-corrected chi connectivity index (χ4v) is 3.04. The smallest absolute Gasteiger partial charge is 0.272 e. The Hall–Kier alpha value is -2.56. The van der Waals surface area contributed by atoms with Crippen molar-refractivity contribution in [2.75, 3.05) is 6.61 Å². The van der Waals surface area contributed by atoms with Crippen molar-refractivity contribution in [3.63, 3.8) is 0 Å². The first-order valence-electron chi connectivity index (χ1n) is 8.49. The molecule has 1 amide bonds. The number of amides is 1. The van der Waals surface area contributed by atoms with Crippen LogP contribution in [0, 0.1) is 0 Å². The molecule has 3 rings (SSSR count). The minimum absolute atomic E-state index is 0.0936. The molecule has 1 atom stereocenters. The largest absolute Gasteiger partial charge is 0.494 e. The van der Waals surface area contributed by atoms with Crippen molar-refractivity contribution in [2.24, 2.45) is 0 Å². The van der Waals surface area contributed by atoms with Crippen LogP contribution in [0.4, 0.5) is 0 Å². The van der Waals surface area contributed by atoms with Gasteiger partial charge in [-0.25, -0.2) is 4.98 Å². The number of carbonyl (C=O) groups excluding carboxylic acids is 1. The number of halogens is 2. The van der Waals surface area contributed by atoms with E-state index in [1.807, 2.05) is 61.5 Å². The number of rotatable bonds is 6. The molecule has 3 aromatic rings. The Labute approximate surface area is 168 Å². The van der Waals surface area contributed by atoms with Gasteiger partial charge in [-0.2, -0.15) is 0 Å². The Morgan fingerprint density at radius 2 is 1.67 bits per heavy atom. The SMILES string of the molecule is CCOc1ccc(C(NC(=O)c2nc(Cl)ccc2Cl)c2ccccc2)cc1. The summed E-state index contributed by atoms with van der Waals surface area (Å²) in [5, 5.41) is 3.46. The van der Waals surface area contributed by atoms with Crippen molar-refractivity contribution in [3.8, 4) is 5.75 Å². The number of carbonyl (C=O) groups is 1. The summed E-state index contributed by atoms with van der Waals surface area (Å²) in [5.74, 6) is 0.379. The molecule has 1 N–H and O–H groups in total. The van der Waals surface area contributed by atoms with Crippen molar-refractivity contribution in [2.45, 2.75) is 13.0 Å². The summed E-state index contributed by atoms with van der Waals surface area (Å²) in [5.41, 5.74) is 1.94. The summed E-state index contributed by atoms with van der Waals surface area (Å²) in [7, 11) is 0. The molecule has 0 fully saturated rings. The molecule has 1 aromatic heterocycles. The van der Waals surface area contributed by atoms with Crippen LogP contribution in [0.15, 0.2) is 66.7 Å². The van der Waals surface area contributed by atoms with Gasteiger partial charge in [0.15, 0.2) is 0 Å². The number of benzene rings is 2. The van der Waals surface area contributed by atoms with Gasteiger partial charge in [0.1, 0.15) is 16.6 Å². The van der Waals surface area contributed by atoms with Gasteiger partial charge in [0.2, 0.25) is 0 Å². The van der Waals surface area contributed by atoms with Gasteiger partial charge in [0.05, 0.1) is 17.7 Å². The van der Waals surface area contributed by atoms with Crippen LogP contribution in [0.3, 0.4) is 0 Å². The summed E-state index contributed by atoms with van der Waals surface area (Å²) in [6, 6.07) is 20.0. The highest BCUT2D eigenvalue weighted by Gasteiger charge is 2.20. The highest BCUT2D eigenvalue weighted by Crippen LogP contribution is 2.25. The van der Waals surface area contributed by atoms with Crippen LogP contribution in [0.1, 0.15) is 34.6 Å². The Bertz CT molecular complexity index is 915. The van der Waals surface area contributed by atoms with Gasteiger partial charge in [-0.05, 0) is 42.3 Å². The van der Waals surface area contributed by atoms with E-state index in [2.05, 4.69) is 10.3 Å². The zero-order valence-electron chi connectivity index (χ0n) is 14.7. The molecule has 0 saturated heterocycles. The van der Waals surface area contributed by atoms with Crippen LogP contribution in [0.25, 0.3) is 0 Å². The van der Waals surface area contributed by atoms with Crippen LogP contribution < -0.4 is 10.1 Å². The maximum absolute atomic E-state index is 12.8. The topological polar surface area (TPSA) is 51.2 Å². The molecule has 0 aliphatic heterocycles. The van der Waals surface area contributed by atoms with Crippen molar-refractivity contribution >= 4 is 29.1 Å². The molecule has 0 saturated carbocycles. The highest BCUT2D eigenvalue weighted by atomic mass is 35.5. The third-order valence-electron chi connectivity index (χ3n) is 3.96. The summed E-state index contributed by atoms with van der Waals surface area (Å²) in [6.07, 6.45) is 0. The molecule has 2 aromatic carbocycles. The van der Waals surface area contributed by atoms with E-state index in [0.717, 1.165) is 16.9 Å². The molecule has 1 heterocycles. The number of nitrogens with zero attached hydrogens (tertiary/aromatic N) is 1. The quantitative estimate of drug-likeness (QED) is 0.570. The number of nitrogens with one attached hydrogen (secondary N) is 1. The molecule has 27 heavy (non-hydrogen) atoms. The van der Waals surface area contributed by atoms with Crippen LogP contribution in [-0.4, -0.2) is 17.5 Å². The maximum atomic E-state index is 12.8. The summed E-state index contributed by atoms with van der Waals surface area (Å²) >= 11 is 12.0. The fourth-order valence-electron chi connectivity index (χ4n) is 2.70. The molecule has 6 heteroatoms. The van der Waals surface area contributed by atoms with Crippen LogP contribution in [0.2, 0.25) is 10.2 Å². The van der Waals surface area contributed by atoms with E-state index < -0.39 is 5.91 Å². The molecular formula is C21H18Cl2N2O2. The molecule has 4 nitrogen and oxygen atoms in total. The minimum Gasteiger partial charge on any atom is -0.494 e. The molecule has 1 unspecified atom stereocenters. The Morgan fingerprint density at radius 3 is 2.33 bits per heavy atom. The van der Waals surface area contributed by atoms with Gasteiger partial charge in [-0.3, -0.25) is 4.79 Å². The standard InChI is InChI=1S/C21H18Cl2N2O2/c1-2-27-16-10-8-15(9-11-16)19(14-6-4-3-5-7-14)25-21(26)20-17(22)12-13-18(23)24-20/h3-13,19H,2H2,1H3,(H,25,26). The summed E-state index contributed by atoms with van der Waals surface area (Å²) < 4.78 is 5.50. The molecule has 0 aliphatic carbocycles. The second-order valence-electron chi connectivity index (χ2n) is 5.78. The van der Waals surface area contributed by atoms with E-state index in [-0.39, 0.29) is 21.9 Å². The second-order valence-corrected chi connectivity index (χ2v) is 6.58. The average Bonchev–Trinajstić information content (AvgIpc) is 2.69. The van der Waals surface area contributed by atoms with E-state index in [0.29, 0.717) is 6.61 Å². The van der Waals surface area contributed by atoms with Gasteiger partial charge in [0, 0.05) is 0 Å². The van der Waals surface area contributed by atoms with E-state index >= 15 is 0 Å². The lowest BCUT2D eigenvalue weighted by Crippen LogP contribution is -2.30. The third kappa shape index (κ3) is 4.79. The molecule has 0 aliphatic rings. The van der Waals surface area contributed by atoms with Crippen LogP contribution >= 0.6 is 23.2 Å². The summed E-state index contributed by atoms with van der Waals surface area (Å²) in [6.45, 7) is 2.53. The van der Waals surface area contributed by atoms with E-state index in [1.54, 1.807) is 12.1 Å². The van der Waals surface area contributed by atoms with Crippen molar-refractivity contribution in [3.05, 3.63) is 93.7 Å². The fraction of sp³-hybridized carbons (Fsp3) is 0.143. The Kier molecular flexibility index (Phi) is 6.32. The number of pyridine rings is 1. The highest BCUT2D eigenvalue weighted by molar-refractivity contribution is 6.34. The molecule has 0 bridgehead atoms. The first kappa shape index (κ1) is 19.2. The molecule has 138 valence electrons. The first-order chi connectivity index (χ1) is 13.1. The monoisotopic (exact) mass is 400 g/mol. The van der Waals surface area contributed by atoms with Crippen LogP contribution in [0.5, 0.6) is 5.75 Å². The second kappa shape index (κ2) is 8.89. The molecule has 0 radical (unpaired) electrons. The third-order valence-corrected chi connectivity index (χ3v) is 4.48. The van der Waals surface area contributed by atoms with Crippen LogP contribution in [-0.2, 0) is 0 Å². The molecular weight excluding hydrogens is 383 g/mol. The van der Waals surface area contributed by atoms with Gasteiger partial charge in [-0.1, -0.05) is 65.7 Å². The lowest BCUT2D eigenvalue weighted by molar-refractivity contribution is 0.0938. The first-order valence-corrected chi connectivity index (χ1v) is 9.24. The zero-order valence-corrected chi connectivity index (χ0v) is 16.2. The zero-order chi connectivity index (χ0) is 19.2. The van der Waals surface area contributed by atoms with Crippen molar-refractivity contribution in [1.82, 2.24) is 10.3 Å². The number of hydrogen-bond acceptors (Lipinski definition) is 3.